The zero-order valence-corrected chi connectivity index (χ0v) is 29.2. The van der Waals surface area contributed by atoms with Gasteiger partial charge >= 0.3 is 0 Å². The minimum absolute atomic E-state index is 0.00500. The maximum Gasteiger partial charge on any atom is 0.131 e. The molecule has 4 heteroatoms. The second kappa shape index (κ2) is 15.2. The van der Waals surface area contributed by atoms with Gasteiger partial charge in [0, 0.05) is 39.3 Å². The zero-order valence-electron chi connectivity index (χ0n) is 29.2. The van der Waals surface area contributed by atoms with Gasteiger partial charge in [0.15, 0.2) is 0 Å². The molecule has 0 radical (unpaired) electrons. The van der Waals surface area contributed by atoms with E-state index < -0.39 is 0 Å². The lowest BCUT2D eigenvalue weighted by Gasteiger charge is -2.21. The molecule has 0 aliphatic carbocycles. The first-order chi connectivity index (χ1) is 24.2. The van der Waals surface area contributed by atoms with Crippen molar-refractivity contribution in [2.24, 2.45) is 5.92 Å². The third kappa shape index (κ3) is 7.30. The first-order valence-electron chi connectivity index (χ1n) is 17.1. The second-order valence-corrected chi connectivity index (χ2v) is 13.0. The number of rotatable bonds is 12. The molecule has 0 saturated heterocycles. The van der Waals surface area contributed by atoms with Crippen LogP contribution < -0.4 is 9.47 Å². The lowest BCUT2D eigenvalue weighted by molar-refractivity contribution is 0.179. The Labute approximate surface area is 295 Å². The van der Waals surface area contributed by atoms with Crippen molar-refractivity contribution in [3.63, 3.8) is 0 Å². The normalized spacial score (nSPS) is 11.1. The smallest absolute Gasteiger partial charge is 0.131 e. The van der Waals surface area contributed by atoms with Crippen LogP contribution in [-0.4, -0.2) is 23.4 Å². The first kappa shape index (κ1) is 34.1. The number of phenols is 2. The Balaban J connectivity index is 1.25. The van der Waals surface area contributed by atoms with Gasteiger partial charge in [0.25, 0.3) is 0 Å². The largest absolute Gasteiger partial charge is 0.507 e. The molecule has 0 unspecified atom stereocenters. The van der Waals surface area contributed by atoms with Crippen molar-refractivity contribution in [3.8, 4) is 67.5 Å². The number of benzene rings is 6. The molecule has 2 N–H and O–H groups in total. The number of para-hydroxylation sites is 2. The Hall–Kier alpha value is -5.74. The van der Waals surface area contributed by atoms with Gasteiger partial charge in [-0.05, 0) is 80.6 Å². The first-order valence-corrected chi connectivity index (χ1v) is 17.1. The van der Waals surface area contributed by atoms with E-state index in [4.69, 9.17) is 9.47 Å². The van der Waals surface area contributed by atoms with E-state index in [0.717, 1.165) is 66.8 Å². The van der Waals surface area contributed by atoms with E-state index in [1.165, 1.54) is 0 Å². The maximum atomic E-state index is 11.6. The molecule has 0 fully saturated rings. The number of allylic oxidation sites excluding steroid dienone is 1. The molecule has 0 heterocycles. The number of aryl methyl sites for hydroxylation is 4. The molecule has 0 aliphatic heterocycles. The maximum absolute atomic E-state index is 11.6. The number of hydrogen-bond donors (Lipinski definition) is 2. The van der Waals surface area contributed by atoms with Gasteiger partial charge in [-0.15, -0.1) is 6.58 Å². The van der Waals surface area contributed by atoms with Crippen LogP contribution in [0.2, 0.25) is 0 Å². The molecule has 6 aromatic rings. The molecule has 0 aliphatic rings. The Morgan fingerprint density at radius 2 is 0.880 bits per heavy atom. The van der Waals surface area contributed by atoms with Gasteiger partial charge in [-0.3, -0.25) is 0 Å². The van der Waals surface area contributed by atoms with E-state index >= 15 is 0 Å². The summed E-state index contributed by atoms with van der Waals surface area (Å²) in [6.45, 7) is 13.0. The van der Waals surface area contributed by atoms with E-state index in [9.17, 15) is 10.2 Å². The van der Waals surface area contributed by atoms with Crippen molar-refractivity contribution in [1.29, 1.82) is 0 Å². The summed E-state index contributed by atoms with van der Waals surface area (Å²) in [7, 11) is 0. The lowest BCUT2D eigenvalue weighted by Crippen LogP contribution is -2.20. The van der Waals surface area contributed by atoms with Crippen LogP contribution in [0.25, 0.3) is 44.5 Å². The molecule has 0 saturated carbocycles. The van der Waals surface area contributed by atoms with Crippen LogP contribution in [-0.2, 0) is 0 Å². The second-order valence-electron chi connectivity index (χ2n) is 13.0. The molecule has 0 spiro atoms. The summed E-state index contributed by atoms with van der Waals surface area (Å²) in [5, 5.41) is 23.1. The minimum atomic E-state index is -0.00500. The van der Waals surface area contributed by atoms with Gasteiger partial charge in [-0.1, -0.05) is 114 Å². The van der Waals surface area contributed by atoms with Crippen LogP contribution >= 0.6 is 0 Å². The van der Waals surface area contributed by atoms with Gasteiger partial charge in [0.05, 0.1) is 13.2 Å². The van der Waals surface area contributed by atoms with Crippen molar-refractivity contribution >= 4 is 0 Å². The van der Waals surface area contributed by atoms with E-state index in [0.29, 0.717) is 31.1 Å². The highest BCUT2D eigenvalue weighted by atomic mass is 16.5. The molecule has 4 nitrogen and oxygen atoms in total. The average molecular weight is 661 g/mol. The van der Waals surface area contributed by atoms with Crippen LogP contribution in [0.15, 0.2) is 134 Å². The van der Waals surface area contributed by atoms with Crippen LogP contribution in [0.3, 0.4) is 0 Å². The molecule has 252 valence electrons. The summed E-state index contributed by atoms with van der Waals surface area (Å²) in [5.41, 5.74) is 11.0. The van der Waals surface area contributed by atoms with Gasteiger partial charge in [-0.2, -0.15) is 0 Å². The van der Waals surface area contributed by atoms with Crippen LogP contribution in [0.5, 0.6) is 23.0 Å². The average Bonchev–Trinajstić information content (AvgIpc) is 3.11. The van der Waals surface area contributed by atoms with Crippen molar-refractivity contribution in [2.45, 2.75) is 34.1 Å². The molecule has 50 heavy (non-hydrogen) atoms. The third-order valence-electron chi connectivity index (χ3n) is 9.24. The third-order valence-corrected chi connectivity index (χ3v) is 9.24. The van der Waals surface area contributed by atoms with E-state index in [1.54, 1.807) is 0 Å². The van der Waals surface area contributed by atoms with E-state index in [-0.39, 0.29) is 17.4 Å². The van der Waals surface area contributed by atoms with Crippen LogP contribution in [0, 0.1) is 33.6 Å². The van der Waals surface area contributed by atoms with Crippen LogP contribution in [0.4, 0.5) is 0 Å². The quantitative estimate of drug-likeness (QED) is 0.128. The lowest BCUT2D eigenvalue weighted by atomic mass is 9.94. The Kier molecular flexibility index (Phi) is 10.4. The van der Waals surface area contributed by atoms with Crippen molar-refractivity contribution in [2.75, 3.05) is 13.2 Å². The SMILES string of the molecule is C=CCC(COc1ccc(C)cc1-c1cccc(-c2ccccc2C)c1O)COc1ccc(C)cc1-c1cccc(-c2ccccc2C)c1O. The Morgan fingerprint density at radius 1 is 0.500 bits per heavy atom. The fourth-order valence-corrected chi connectivity index (χ4v) is 6.50. The molecular weight excluding hydrogens is 617 g/mol. The summed E-state index contributed by atoms with van der Waals surface area (Å²) >= 11 is 0. The van der Waals surface area contributed by atoms with Gasteiger partial charge in [0.1, 0.15) is 23.0 Å². The van der Waals surface area contributed by atoms with Crippen LogP contribution in [0.1, 0.15) is 28.7 Å². The topological polar surface area (TPSA) is 58.9 Å². The highest BCUT2D eigenvalue weighted by Crippen LogP contribution is 2.44. The fraction of sp³-hybridized carbons (Fsp3) is 0.174. The molecular formula is C46H44O4. The highest BCUT2D eigenvalue weighted by molar-refractivity contribution is 5.86. The summed E-state index contributed by atoms with van der Waals surface area (Å²) in [6, 6.07) is 40.0. The summed E-state index contributed by atoms with van der Waals surface area (Å²) in [6.07, 6.45) is 2.57. The predicted molar refractivity (Wildman–Crippen MR) is 206 cm³/mol. The number of hydrogen-bond acceptors (Lipinski definition) is 4. The predicted octanol–water partition coefficient (Wildman–Crippen LogP) is 11.6. The summed E-state index contributed by atoms with van der Waals surface area (Å²) < 4.78 is 13.0. The zero-order chi connectivity index (χ0) is 35.2. The van der Waals surface area contributed by atoms with Crippen molar-refractivity contribution in [1.82, 2.24) is 0 Å². The summed E-state index contributed by atoms with van der Waals surface area (Å²) in [5.74, 6) is 1.83. The highest BCUT2D eigenvalue weighted by Gasteiger charge is 2.20. The minimum Gasteiger partial charge on any atom is -0.507 e. The van der Waals surface area contributed by atoms with Gasteiger partial charge < -0.3 is 19.7 Å². The van der Waals surface area contributed by atoms with Gasteiger partial charge in [0.2, 0.25) is 0 Å². The molecule has 6 rings (SSSR count). The fourth-order valence-electron chi connectivity index (χ4n) is 6.50. The Morgan fingerprint density at radius 3 is 1.28 bits per heavy atom. The number of ether oxygens (including phenoxy) is 2. The number of aromatic hydroxyl groups is 2. The molecule has 0 bridgehead atoms. The molecule has 0 amide bonds. The van der Waals surface area contributed by atoms with E-state index in [1.807, 2.05) is 117 Å². The standard InChI is InChI=1S/C46H44O4/c1-6-13-34(28-49-43-24-22-30(2)26-41(43)39-20-11-18-37(45(39)47)35-16-9-7-14-32(35)4)29-50-44-25-23-31(3)27-42(44)40-21-12-19-38(46(40)48)36-17-10-8-15-33(36)5/h6-12,14-27,34,47-48H,1,13,28-29H2,2-5H3. The van der Waals surface area contributed by atoms with Gasteiger partial charge in [-0.25, -0.2) is 0 Å². The van der Waals surface area contributed by atoms with E-state index in [2.05, 4.69) is 44.7 Å². The summed E-state index contributed by atoms with van der Waals surface area (Å²) in [4.78, 5) is 0. The Bertz CT molecular complexity index is 2000. The van der Waals surface area contributed by atoms with Crippen molar-refractivity contribution < 1.29 is 19.7 Å². The number of phenolic OH excluding ortho intramolecular Hbond substituents is 2. The van der Waals surface area contributed by atoms with Crippen molar-refractivity contribution in [3.05, 3.63) is 156 Å². The molecule has 0 aromatic heterocycles. The molecule has 0 atom stereocenters. The molecule has 6 aromatic carbocycles. The monoisotopic (exact) mass is 660 g/mol.